The lowest BCUT2D eigenvalue weighted by atomic mass is 10.3. The van der Waals surface area contributed by atoms with Gasteiger partial charge in [-0.05, 0) is 42.0 Å². The molecule has 0 saturated heterocycles. The van der Waals surface area contributed by atoms with E-state index < -0.39 is 18.5 Å². The zero-order valence-corrected chi connectivity index (χ0v) is 18.3. The van der Waals surface area contributed by atoms with Gasteiger partial charge in [0, 0.05) is 11.0 Å². The maximum absolute atomic E-state index is 12.8. The van der Waals surface area contributed by atoms with Crippen molar-refractivity contribution >= 4 is 40.7 Å². The number of esters is 1. The molecule has 156 valence electrons. The second-order valence-electron chi connectivity index (χ2n) is 6.46. The van der Waals surface area contributed by atoms with E-state index in [1.807, 2.05) is 78.4 Å². The van der Waals surface area contributed by atoms with Crippen molar-refractivity contribution in [2.75, 3.05) is 18.2 Å². The Morgan fingerprint density at radius 3 is 2.58 bits per heavy atom. The molecule has 2 aromatic carbocycles. The summed E-state index contributed by atoms with van der Waals surface area (Å²) in [5, 5.41) is 9.32. The molecule has 0 unspecified atom stereocenters. The normalized spacial score (nSPS) is 10.6. The molecule has 2 heterocycles. The number of rotatable bonds is 7. The number of hydrogen-bond donors (Lipinski definition) is 1. The largest absolute Gasteiger partial charge is 0.451 e. The first-order valence-electron chi connectivity index (χ1n) is 9.45. The summed E-state index contributed by atoms with van der Waals surface area (Å²) in [5.41, 5.74) is 2.34. The van der Waals surface area contributed by atoms with E-state index in [2.05, 4.69) is 10.4 Å². The van der Waals surface area contributed by atoms with Gasteiger partial charge in [0.1, 0.15) is 5.69 Å². The van der Waals surface area contributed by atoms with Crippen LogP contribution in [0.15, 0.2) is 83.1 Å². The van der Waals surface area contributed by atoms with Crippen LogP contribution in [0.3, 0.4) is 0 Å². The molecule has 0 aliphatic carbocycles. The molecular formula is C23H19N3O3S2. The number of carbonyl (C=O) groups is 2. The second kappa shape index (κ2) is 9.63. The van der Waals surface area contributed by atoms with Crippen molar-refractivity contribution in [3.05, 3.63) is 83.9 Å². The van der Waals surface area contributed by atoms with Crippen LogP contribution in [0.1, 0.15) is 10.5 Å². The van der Waals surface area contributed by atoms with Gasteiger partial charge in [-0.15, -0.1) is 23.1 Å². The Hall–Kier alpha value is -3.36. The minimum absolute atomic E-state index is 0.256. The van der Waals surface area contributed by atoms with Crippen LogP contribution in [0, 0.1) is 0 Å². The van der Waals surface area contributed by atoms with E-state index >= 15 is 0 Å². The highest BCUT2D eigenvalue weighted by molar-refractivity contribution is 7.98. The summed E-state index contributed by atoms with van der Waals surface area (Å²) in [4.78, 5) is 27.1. The van der Waals surface area contributed by atoms with Crippen LogP contribution in [-0.4, -0.2) is 34.5 Å². The lowest BCUT2D eigenvalue weighted by molar-refractivity contribution is -0.119. The van der Waals surface area contributed by atoms with Crippen molar-refractivity contribution in [1.29, 1.82) is 0 Å². The molecule has 1 amide bonds. The highest BCUT2D eigenvalue weighted by Gasteiger charge is 2.20. The molecule has 0 radical (unpaired) electrons. The molecule has 0 aliphatic heterocycles. The maximum atomic E-state index is 12.8. The number of thiophene rings is 1. The number of hydrogen-bond acceptors (Lipinski definition) is 6. The fraction of sp³-hybridized carbons (Fsp3) is 0.0870. The number of ether oxygens (including phenoxy) is 1. The Kier molecular flexibility index (Phi) is 6.49. The molecule has 8 heteroatoms. The van der Waals surface area contributed by atoms with E-state index in [1.54, 1.807) is 6.07 Å². The van der Waals surface area contributed by atoms with Crippen molar-refractivity contribution in [2.24, 2.45) is 0 Å². The summed E-state index contributed by atoms with van der Waals surface area (Å²) < 4.78 is 6.85. The molecular weight excluding hydrogens is 430 g/mol. The number of para-hydroxylation sites is 2. The van der Waals surface area contributed by atoms with Gasteiger partial charge in [-0.1, -0.05) is 36.4 Å². The number of anilines is 1. The molecule has 0 spiro atoms. The van der Waals surface area contributed by atoms with E-state index in [1.165, 1.54) is 27.8 Å². The topological polar surface area (TPSA) is 73.2 Å². The molecule has 1 N–H and O–H groups in total. The van der Waals surface area contributed by atoms with Crippen LogP contribution < -0.4 is 5.32 Å². The average Bonchev–Trinajstić information content (AvgIpc) is 3.48. The van der Waals surface area contributed by atoms with E-state index in [0.717, 1.165) is 15.5 Å². The average molecular weight is 450 g/mol. The van der Waals surface area contributed by atoms with Crippen molar-refractivity contribution in [1.82, 2.24) is 9.78 Å². The van der Waals surface area contributed by atoms with Gasteiger partial charge in [-0.2, -0.15) is 5.10 Å². The van der Waals surface area contributed by atoms with Gasteiger partial charge in [-0.25, -0.2) is 9.48 Å². The molecule has 4 rings (SSSR count). The van der Waals surface area contributed by atoms with Crippen LogP contribution in [-0.2, 0) is 9.53 Å². The molecule has 0 aliphatic rings. The fourth-order valence-electron chi connectivity index (χ4n) is 2.98. The predicted molar refractivity (Wildman–Crippen MR) is 124 cm³/mol. The van der Waals surface area contributed by atoms with Gasteiger partial charge >= 0.3 is 5.97 Å². The Morgan fingerprint density at radius 2 is 1.84 bits per heavy atom. The van der Waals surface area contributed by atoms with Crippen molar-refractivity contribution < 1.29 is 14.3 Å². The maximum Gasteiger partial charge on any atom is 0.357 e. The number of aromatic nitrogens is 2. The number of nitrogens with zero attached hydrogens (tertiary/aromatic N) is 2. The van der Waals surface area contributed by atoms with Gasteiger partial charge in [0.2, 0.25) is 0 Å². The van der Waals surface area contributed by atoms with Gasteiger partial charge in [-0.3, -0.25) is 4.79 Å². The van der Waals surface area contributed by atoms with Crippen molar-refractivity contribution in [2.45, 2.75) is 4.90 Å². The molecule has 6 nitrogen and oxygen atoms in total. The van der Waals surface area contributed by atoms with Gasteiger partial charge < -0.3 is 10.1 Å². The first-order valence-corrected chi connectivity index (χ1v) is 11.6. The van der Waals surface area contributed by atoms with Gasteiger partial charge in [0.25, 0.3) is 5.91 Å². The summed E-state index contributed by atoms with van der Waals surface area (Å²) in [6, 6.07) is 22.3. The van der Waals surface area contributed by atoms with Crippen molar-refractivity contribution in [3.8, 4) is 16.3 Å². The minimum Gasteiger partial charge on any atom is -0.451 e. The molecule has 0 fully saturated rings. The number of thioether (sulfide) groups is 1. The summed E-state index contributed by atoms with van der Waals surface area (Å²) in [5.74, 6) is -1.02. The van der Waals surface area contributed by atoms with E-state index in [9.17, 15) is 9.59 Å². The summed E-state index contributed by atoms with van der Waals surface area (Å²) >= 11 is 3.06. The SMILES string of the molecule is CSc1ccccc1NC(=O)COC(=O)c1cc(-c2cccs2)nn1-c1ccccc1. The Labute approximate surface area is 187 Å². The second-order valence-corrected chi connectivity index (χ2v) is 8.26. The lowest BCUT2D eigenvalue weighted by Crippen LogP contribution is -2.22. The van der Waals surface area contributed by atoms with E-state index in [-0.39, 0.29) is 5.69 Å². The van der Waals surface area contributed by atoms with E-state index in [0.29, 0.717) is 11.4 Å². The highest BCUT2D eigenvalue weighted by atomic mass is 32.2. The third kappa shape index (κ3) is 4.87. The van der Waals surface area contributed by atoms with Crippen LogP contribution in [0.25, 0.3) is 16.3 Å². The van der Waals surface area contributed by atoms with Crippen LogP contribution in [0.4, 0.5) is 5.69 Å². The molecule has 0 saturated carbocycles. The predicted octanol–water partition coefficient (Wildman–Crippen LogP) is 5.12. The number of amides is 1. The summed E-state index contributed by atoms with van der Waals surface area (Å²) in [6.45, 7) is -0.393. The third-order valence-corrected chi connectivity index (χ3v) is 6.10. The van der Waals surface area contributed by atoms with E-state index in [4.69, 9.17) is 4.74 Å². The Bertz CT molecular complexity index is 1190. The lowest BCUT2D eigenvalue weighted by Gasteiger charge is -2.10. The molecule has 2 aromatic heterocycles. The third-order valence-electron chi connectivity index (χ3n) is 4.41. The summed E-state index contributed by atoms with van der Waals surface area (Å²) in [7, 11) is 0. The minimum atomic E-state index is -0.618. The standard InChI is InChI=1S/C23H19N3O3S2/c1-30-20-11-6-5-10-17(20)24-22(27)15-29-23(28)19-14-18(21-12-7-13-31-21)25-26(19)16-8-3-2-4-9-16/h2-14H,15H2,1H3,(H,24,27). The number of nitrogens with one attached hydrogen (secondary N) is 1. The monoisotopic (exact) mass is 449 g/mol. The van der Waals surface area contributed by atoms with Crippen molar-refractivity contribution in [3.63, 3.8) is 0 Å². The zero-order valence-electron chi connectivity index (χ0n) is 16.6. The molecule has 4 aromatic rings. The van der Waals surface area contributed by atoms with Crippen LogP contribution in [0.2, 0.25) is 0 Å². The molecule has 0 atom stereocenters. The Morgan fingerprint density at radius 1 is 1.06 bits per heavy atom. The van der Waals surface area contributed by atoms with Gasteiger partial charge in [0.05, 0.1) is 16.3 Å². The van der Waals surface area contributed by atoms with Gasteiger partial charge in [0.15, 0.2) is 12.3 Å². The first kappa shape index (κ1) is 20.9. The summed E-state index contributed by atoms with van der Waals surface area (Å²) in [6.07, 6.45) is 1.93. The Balaban J connectivity index is 1.52. The highest BCUT2D eigenvalue weighted by Crippen LogP contribution is 2.26. The molecule has 0 bridgehead atoms. The number of carbonyl (C=O) groups excluding carboxylic acids is 2. The van der Waals surface area contributed by atoms with Crippen LogP contribution in [0.5, 0.6) is 0 Å². The quantitative estimate of drug-likeness (QED) is 0.313. The molecule has 31 heavy (non-hydrogen) atoms. The zero-order chi connectivity index (χ0) is 21.6. The van der Waals surface area contributed by atoms with Crippen LogP contribution >= 0.6 is 23.1 Å². The smallest absolute Gasteiger partial charge is 0.357 e. The first-order chi connectivity index (χ1) is 15.2. The fourth-order valence-corrected chi connectivity index (χ4v) is 4.21. The number of benzene rings is 2.